The van der Waals surface area contributed by atoms with E-state index < -0.39 is 5.91 Å². The maximum Gasteiger partial charge on any atom is 0.262 e. The molecule has 2 amide bonds. The van der Waals surface area contributed by atoms with E-state index in [-0.39, 0.29) is 12.2 Å². The number of carbonyl (C=O) groups is 2. The standard InChI is InChI=1S/C13H13NO5/c15-12-8-2-1-3-9(11(8)13(16)14-12)17-5-4-10-18-6-7-19-10/h1-3,10H,4-7H2,(H,14,15,16). The quantitative estimate of drug-likeness (QED) is 0.810. The maximum atomic E-state index is 11.7. The number of ether oxygens (including phenoxy) is 3. The topological polar surface area (TPSA) is 73.9 Å². The second-order valence-corrected chi connectivity index (χ2v) is 4.27. The minimum absolute atomic E-state index is 0.243. The van der Waals surface area contributed by atoms with Gasteiger partial charge >= 0.3 is 0 Å². The van der Waals surface area contributed by atoms with E-state index in [9.17, 15) is 9.59 Å². The van der Waals surface area contributed by atoms with Crippen LogP contribution in [0.5, 0.6) is 5.75 Å². The van der Waals surface area contributed by atoms with Crippen LogP contribution in [0.3, 0.4) is 0 Å². The van der Waals surface area contributed by atoms with Gasteiger partial charge in [-0.05, 0) is 12.1 Å². The highest BCUT2D eigenvalue weighted by Crippen LogP contribution is 2.26. The van der Waals surface area contributed by atoms with Crippen LogP contribution in [-0.4, -0.2) is 37.9 Å². The number of hydrogen-bond acceptors (Lipinski definition) is 5. The van der Waals surface area contributed by atoms with Crippen molar-refractivity contribution >= 4 is 11.8 Å². The summed E-state index contributed by atoms with van der Waals surface area (Å²) in [6, 6.07) is 4.97. The van der Waals surface area contributed by atoms with Crippen molar-refractivity contribution in [2.75, 3.05) is 19.8 Å². The lowest BCUT2D eigenvalue weighted by Gasteiger charge is -2.11. The summed E-state index contributed by atoms with van der Waals surface area (Å²) in [6.07, 6.45) is 0.339. The van der Waals surface area contributed by atoms with E-state index in [4.69, 9.17) is 14.2 Å². The number of carbonyl (C=O) groups excluding carboxylic acids is 2. The van der Waals surface area contributed by atoms with Crippen molar-refractivity contribution in [1.82, 2.24) is 5.32 Å². The molecule has 0 aromatic heterocycles. The van der Waals surface area contributed by atoms with Gasteiger partial charge in [0.15, 0.2) is 6.29 Å². The van der Waals surface area contributed by atoms with E-state index in [0.717, 1.165) is 0 Å². The molecule has 0 bridgehead atoms. The van der Waals surface area contributed by atoms with Crippen molar-refractivity contribution in [3.05, 3.63) is 29.3 Å². The summed E-state index contributed by atoms with van der Waals surface area (Å²) >= 11 is 0. The van der Waals surface area contributed by atoms with Crippen LogP contribution in [0.2, 0.25) is 0 Å². The smallest absolute Gasteiger partial charge is 0.262 e. The Labute approximate surface area is 109 Å². The molecule has 2 aliphatic rings. The van der Waals surface area contributed by atoms with Gasteiger partial charge in [-0.15, -0.1) is 0 Å². The van der Waals surface area contributed by atoms with Gasteiger partial charge in [0, 0.05) is 6.42 Å². The minimum Gasteiger partial charge on any atom is -0.493 e. The average molecular weight is 263 g/mol. The third-order valence-corrected chi connectivity index (χ3v) is 3.03. The van der Waals surface area contributed by atoms with Gasteiger partial charge in [0.25, 0.3) is 11.8 Å². The molecule has 1 aromatic rings. The van der Waals surface area contributed by atoms with Crippen molar-refractivity contribution in [1.29, 1.82) is 0 Å². The van der Waals surface area contributed by atoms with Crippen molar-refractivity contribution in [2.24, 2.45) is 0 Å². The first-order valence-corrected chi connectivity index (χ1v) is 6.10. The molecule has 0 aliphatic carbocycles. The first-order valence-electron chi connectivity index (χ1n) is 6.10. The molecule has 0 spiro atoms. The normalized spacial score (nSPS) is 18.5. The Morgan fingerprint density at radius 1 is 1.21 bits per heavy atom. The highest BCUT2D eigenvalue weighted by molar-refractivity contribution is 6.22. The summed E-state index contributed by atoms with van der Waals surface area (Å²) in [5, 5.41) is 2.25. The fourth-order valence-electron chi connectivity index (χ4n) is 2.15. The molecule has 2 aliphatic heterocycles. The molecule has 0 radical (unpaired) electrons. The molecule has 1 aromatic carbocycles. The molecule has 100 valence electrons. The van der Waals surface area contributed by atoms with Crippen LogP contribution in [0.15, 0.2) is 18.2 Å². The molecule has 0 atom stereocenters. The third kappa shape index (κ3) is 2.32. The molecular formula is C13H13NO5. The van der Waals surface area contributed by atoms with E-state index in [1.807, 2.05) is 0 Å². The molecule has 1 saturated heterocycles. The van der Waals surface area contributed by atoms with Gasteiger partial charge in [-0.2, -0.15) is 0 Å². The number of hydrogen-bond donors (Lipinski definition) is 1. The Hall–Kier alpha value is -1.92. The number of imide groups is 1. The molecule has 6 nitrogen and oxygen atoms in total. The minimum atomic E-state index is -0.413. The van der Waals surface area contributed by atoms with Gasteiger partial charge in [-0.1, -0.05) is 6.07 Å². The van der Waals surface area contributed by atoms with Crippen LogP contribution in [-0.2, 0) is 9.47 Å². The molecule has 0 saturated carbocycles. The largest absolute Gasteiger partial charge is 0.493 e. The van der Waals surface area contributed by atoms with Crippen LogP contribution in [0.4, 0.5) is 0 Å². The first-order chi connectivity index (χ1) is 9.25. The van der Waals surface area contributed by atoms with E-state index in [1.165, 1.54) is 0 Å². The first kappa shape index (κ1) is 12.1. The molecule has 1 fully saturated rings. The van der Waals surface area contributed by atoms with Gasteiger partial charge < -0.3 is 14.2 Å². The molecule has 3 rings (SSSR count). The van der Waals surface area contributed by atoms with Gasteiger partial charge in [-0.25, -0.2) is 0 Å². The Bertz CT molecular complexity index is 522. The van der Waals surface area contributed by atoms with Crippen LogP contribution < -0.4 is 10.1 Å². The summed E-state index contributed by atoms with van der Waals surface area (Å²) in [5.41, 5.74) is 0.664. The van der Waals surface area contributed by atoms with Gasteiger partial charge in [-0.3, -0.25) is 14.9 Å². The number of amides is 2. The Morgan fingerprint density at radius 2 is 2.00 bits per heavy atom. The van der Waals surface area contributed by atoms with Crippen molar-refractivity contribution in [3.63, 3.8) is 0 Å². The van der Waals surface area contributed by atoms with E-state index >= 15 is 0 Å². The predicted molar refractivity (Wildman–Crippen MR) is 64.0 cm³/mol. The van der Waals surface area contributed by atoms with Crippen molar-refractivity contribution in [2.45, 2.75) is 12.7 Å². The second kappa shape index (κ2) is 4.99. The summed E-state index contributed by atoms with van der Waals surface area (Å²) in [6.45, 7) is 1.56. The molecule has 1 N–H and O–H groups in total. The zero-order valence-corrected chi connectivity index (χ0v) is 10.2. The Balaban J connectivity index is 1.68. The molecular weight excluding hydrogens is 250 g/mol. The lowest BCUT2D eigenvalue weighted by atomic mass is 10.1. The van der Waals surface area contributed by atoms with Crippen LogP contribution in [0.1, 0.15) is 27.1 Å². The van der Waals surface area contributed by atoms with Gasteiger partial charge in [0.1, 0.15) is 5.75 Å². The fraction of sp³-hybridized carbons (Fsp3) is 0.385. The van der Waals surface area contributed by atoms with E-state index in [2.05, 4.69) is 5.32 Å². The number of rotatable bonds is 4. The highest BCUT2D eigenvalue weighted by Gasteiger charge is 2.30. The van der Waals surface area contributed by atoms with Crippen LogP contribution >= 0.6 is 0 Å². The van der Waals surface area contributed by atoms with Gasteiger partial charge in [0.05, 0.1) is 30.9 Å². The zero-order valence-electron chi connectivity index (χ0n) is 10.2. The Morgan fingerprint density at radius 3 is 2.79 bits per heavy atom. The van der Waals surface area contributed by atoms with Crippen molar-refractivity contribution in [3.8, 4) is 5.75 Å². The lowest BCUT2D eigenvalue weighted by molar-refractivity contribution is -0.0531. The maximum absolute atomic E-state index is 11.7. The zero-order chi connectivity index (χ0) is 13.2. The summed E-state index contributed by atoms with van der Waals surface area (Å²) < 4.78 is 16.1. The van der Waals surface area contributed by atoms with E-state index in [1.54, 1.807) is 18.2 Å². The molecule has 0 unspecified atom stereocenters. The van der Waals surface area contributed by atoms with Crippen molar-refractivity contribution < 1.29 is 23.8 Å². The lowest BCUT2D eigenvalue weighted by Crippen LogP contribution is -2.20. The summed E-state index contributed by atoms with van der Waals surface area (Å²) in [7, 11) is 0. The average Bonchev–Trinajstić information content (AvgIpc) is 3.00. The van der Waals surface area contributed by atoms with Crippen LogP contribution in [0.25, 0.3) is 0 Å². The molecule has 2 heterocycles. The SMILES string of the molecule is O=C1NC(=O)c2c(OCCC3OCCO3)cccc21. The number of fused-ring (bicyclic) bond motifs is 1. The molecule has 19 heavy (non-hydrogen) atoms. The molecule has 6 heteroatoms. The Kier molecular flexibility index (Phi) is 3.18. The number of nitrogens with one attached hydrogen (secondary N) is 1. The van der Waals surface area contributed by atoms with Crippen LogP contribution in [0, 0.1) is 0 Å². The monoisotopic (exact) mass is 263 g/mol. The van der Waals surface area contributed by atoms with E-state index in [0.29, 0.717) is 43.1 Å². The second-order valence-electron chi connectivity index (χ2n) is 4.27. The third-order valence-electron chi connectivity index (χ3n) is 3.03. The summed E-state index contributed by atoms with van der Waals surface area (Å²) in [4.78, 5) is 23.1. The van der Waals surface area contributed by atoms with Gasteiger partial charge in [0.2, 0.25) is 0 Å². The summed E-state index contributed by atoms with van der Waals surface area (Å²) in [5.74, 6) is -0.379. The predicted octanol–water partition coefficient (Wildman–Crippen LogP) is 0.712. The number of benzene rings is 1. The highest BCUT2D eigenvalue weighted by atomic mass is 16.7. The fourth-order valence-corrected chi connectivity index (χ4v) is 2.15.